The molecular formula is C14H14BrClS2. The van der Waals surface area contributed by atoms with Crippen LogP contribution in [0.25, 0.3) is 0 Å². The third-order valence-corrected chi connectivity index (χ3v) is 7.55. The first-order chi connectivity index (χ1) is 8.74. The predicted molar refractivity (Wildman–Crippen MR) is 85.7 cm³/mol. The van der Waals surface area contributed by atoms with Gasteiger partial charge in [-0.15, -0.1) is 22.7 Å². The van der Waals surface area contributed by atoms with E-state index in [0.29, 0.717) is 4.83 Å². The first-order valence-corrected chi connectivity index (χ1v) is 9.17. The van der Waals surface area contributed by atoms with E-state index < -0.39 is 0 Å². The number of hydrogen-bond acceptors (Lipinski definition) is 2. The van der Waals surface area contributed by atoms with Gasteiger partial charge in [-0.2, -0.15) is 0 Å². The normalized spacial score (nSPS) is 17.2. The lowest BCUT2D eigenvalue weighted by molar-refractivity contribution is 0.712. The van der Waals surface area contributed by atoms with Crippen LogP contribution in [0.2, 0.25) is 4.34 Å². The third kappa shape index (κ3) is 2.69. The lowest BCUT2D eigenvalue weighted by atomic mass is 10.1. The molecule has 0 bridgehead atoms. The number of halogens is 2. The zero-order valence-electron chi connectivity index (χ0n) is 9.92. The monoisotopic (exact) mass is 360 g/mol. The summed E-state index contributed by atoms with van der Waals surface area (Å²) in [4.78, 5) is 4.65. The summed E-state index contributed by atoms with van der Waals surface area (Å²) in [5.41, 5.74) is 1.58. The van der Waals surface area contributed by atoms with Crippen molar-refractivity contribution in [3.63, 3.8) is 0 Å². The molecular weight excluding hydrogens is 348 g/mol. The molecule has 3 rings (SSSR count). The van der Waals surface area contributed by atoms with Crippen LogP contribution < -0.4 is 0 Å². The van der Waals surface area contributed by atoms with Crippen LogP contribution in [0.5, 0.6) is 0 Å². The van der Waals surface area contributed by atoms with Crippen molar-refractivity contribution in [1.29, 1.82) is 0 Å². The van der Waals surface area contributed by atoms with E-state index in [1.54, 1.807) is 21.8 Å². The van der Waals surface area contributed by atoms with Crippen LogP contribution in [0, 0.1) is 0 Å². The van der Waals surface area contributed by atoms with Crippen LogP contribution in [0.4, 0.5) is 0 Å². The summed E-state index contributed by atoms with van der Waals surface area (Å²) in [6.07, 6.45) is 6.61. The van der Waals surface area contributed by atoms with Gasteiger partial charge in [0.1, 0.15) is 0 Å². The second kappa shape index (κ2) is 5.66. The molecule has 2 aromatic heterocycles. The number of rotatable bonds is 2. The Balaban J connectivity index is 1.88. The molecule has 0 amide bonds. The fourth-order valence-corrected chi connectivity index (χ4v) is 5.65. The molecule has 2 heterocycles. The van der Waals surface area contributed by atoms with Crippen LogP contribution in [-0.2, 0) is 12.8 Å². The maximum Gasteiger partial charge on any atom is 0.0931 e. The van der Waals surface area contributed by atoms with Crippen molar-refractivity contribution in [2.75, 3.05) is 0 Å². The van der Waals surface area contributed by atoms with Crippen molar-refractivity contribution in [2.24, 2.45) is 0 Å². The Bertz CT molecular complexity index is 520. The molecule has 0 nitrogen and oxygen atoms in total. The zero-order valence-corrected chi connectivity index (χ0v) is 13.9. The van der Waals surface area contributed by atoms with Gasteiger partial charge in [0, 0.05) is 14.6 Å². The van der Waals surface area contributed by atoms with Crippen LogP contribution in [0.1, 0.15) is 44.3 Å². The molecule has 1 aliphatic rings. The van der Waals surface area contributed by atoms with E-state index in [1.165, 1.54) is 41.9 Å². The van der Waals surface area contributed by atoms with E-state index in [4.69, 9.17) is 11.6 Å². The largest absolute Gasteiger partial charge is 0.144 e. The summed E-state index contributed by atoms with van der Waals surface area (Å²) >= 11 is 13.5. The van der Waals surface area contributed by atoms with Crippen LogP contribution in [-0.4, -0.2) is 0 Å². The molecule has 1 unspecified atom stereocenters. The first-order valence-electron chi connectivity index (χ1n) is 6.25. The molecule has 0 aromatic carbocycles. The summed E-state index contributed by atoms with van der Waals surface area (Å²) in [7, 11) is 0. The zero-order chi connectivity index (χ0) is 12.5. The SMILES string of the molecule is Clc1ccc(C(Br)c2cc3c(s2)CCCCC3)s1. The summed E-state index contributed by atoms with van der Waals surface area (Å²) in [6, 6.07) is 6.50. The molecule has 1 aliphatic carbocycles. The Morgan fingerprint density at radius 2 is 1.89 bits per heavy atom. The Labute approximate surface area is 129 Å². The number of thiophene rings is 2. The minimum atomic E-state index is 0.312. The summed E-state index contributed by atoms with van der Waals surface area (Å²) in [5.74, 6) is 0. The van der Waals surface area contributed by atoms with Gasteiger partial charge in [0.05, 0.1) is 9.16 Å². The Morgan fingerprint density at radius 1 is 1.06 bits per heavy atom. The average Bonchev–Trinajstić information content (AvgIpc) is 2.90. The molecule has 1 atom stereocenters. The van der Waals surface area contributed by atoms with Crippen molar-refractivity contribution in [3.8, 4) is 0 Å². The Hall–Kier alpha value is 0.170. The van der Waals surface area contributed by atoms with Crippen molar-refractivity contribution in [3.05, 3.63) is 42.7 Å². The van der Waals surface area contributed by atoms with Gasteiger partial charge < -0.3 is 0 Å². The van der Waals surface area contributed by atoms with Crippen molar-refractivity contribution < 1.29 is 0 Å². The van der Waals surface area contributed by atoms with Gasteiger partial charge in [0.2, 0.25) is 0 Å². The van der Waals surface area contributed by atoms with Crippen molar-refractivity contribution >= 4 is 50.2 Å². The first kappa shape index (κ1) is 13.2. The molecule has 0 N–H and O–H groups in total. The van der Waals surface area contributed by atoms with Gasteiger partial charge >= 0.3 is 0 Å². The highest BCUT2D eigenvalue weighted by Gasteiger charge is 2.19. The van der Waals surface area contributed by atoms with E-state index in [9.17, 15) is 0 Å². The summed E-state index contributed by atoms with van der Waals surface area (Å²) in [6.45, 7) is 0. The van der Waals surface area contributed by atoms with E-state index in [0.717, 1.165) is 4.34 Å². The number of fused-ring (bicyclic) bond motifs is 1. The molecule has 2 aromatic rings. The molecule has 96 valence electrons. The Morgan fingerprint density at radius 3 is 2.67 bits per heavy atom. The lowest BCUT2D eigenvalue weighted by Gasteiger charge is -2.04. The van der Waals surface area contributed by atoms with E-state index >= 15 is 0 Å². The van der Waals surface area contributed by atoms with Crippen molar-refractivity contribution in [1.82, 2.24) is 0 Å². The number of hydrogen-bond donors (Lipinski definition) is 0. The molecule has 0 saturated heterocycles. The van der Waals surface area contributed by atoms with Gasteiger partial charge in [0.25, 0.3) is 0 Å². The van der Waals surface area contributed by atoms with Crippen molar-refractivity contribution in [2.45, 2.75) is 36.9 Å². The highest BCUT2D eigenvalue weighted by Crippen LogP contribution is 2.42. The van der Waals surface area contributed by atoms with E-state index in [2.05, 4.69) is 28.1 Å². The van der Waals surface area contributed by atoms with E-state index in [1.807, 2.05) is 17.4 Å². The second-order valence-electron chi connectivity index (χ2n) is 4.66. The smallest absolute Gasteiger partial charge is 0.0931 e. The number of aryl methyl sites for hydroxylation is 2. The molecule has 18 heavy (non-hydrogen) atoms. The van der Waals surface area contributed by atoms with Gasteiger partial charge in [-0.3, -0.25) is 0 Å². The predicted octanol–water partition coefficient (Wildman–Crippen LogP) is 6.22. The van der Waals surface area contributed by atoms with Gasteiger partial charge in [0.15, 0.2) is 0 Å². The molecule has 0 radical (unpaired) electrons. The Kier molecular flexibility index (Phi) is 4.14. The fraction of sp³-hybridized carbons (Fsp3) is 0.429. The summed E-state index contributed by atoms with van der Waals surface area (Å²) in [5, 5.41) is 0. The van der Waals surface area contributed by atoms with Gasteiger partial charge in [-0.05, 0) is 49.4 Å². The van der Waals surface area contributed by atoms with Crippen LogP contribution in [0.3, 0.4) is 0 Å². The highest BCUT2D eigenvalue weighted by atomic mass is 79.9. The van der Waals surface area contributed by atoms with Crippen LogP contribution >= 0.6 is 50.2 Å². The minimum absolute atomic E-state index is 0.312. The third-order valence-electron chi connectivity index (χ3n) is 3.36. The maximum absolute atomic E-state index is 6.02. The molecule has 0 spiro atoms. The standard InChI is InChI=1S/C14H14BrClS2/c15-14(11-6-7-13(16)18-11)12-8-9-4-2-1-3-5-10(9)17-12/h6-8,14H,1-5H2. The highest BCUT2D eigenvalue weighted by molar-refractivity contribution is 9.09. The number of alkyl halides is 1. The van der Waals surface area contributed by atoms with E-state index in [-0.39, 0.29) is 0 Å². The van der Waals surface area contributed by atoms with Crippen LogP contribution in [0.15, 0.2) is 18.2 Å². The molecule has 4 heteroatoms. The quantitative estimate of drug-likeness (QED) is 0.440. The fourth-order valence-electron chi connectivity index (χ4n) is 2.42. The molecule has 0 saturated carbocycles. The topological polar surface area (TPSA) is 0 Å². The lowest BCUT2D eigenvalue weighted by Crippen LogP contribution is -1.85. The molecule has 0 aliphatic heterocycles. The second-order valence-corrected chi connectivity index (χ2v) is 8.49. The molecule has 0 fully saturated rings. The maximum atomic E-state index is 6.02. The average molecular weight is 362 g/mol. The van der Waals surface area contributed by atoms with Gasteiger partial charge in [-0.25, -0.2) is 0 Å². The summed E-state index contributed by atoms with van der Waals surface area (Å²) < 4.78 is 0.868. The van der Waals surface area contributed by atoms with Gasteiger partial charge in [-0.1, -0.05) is 34.0 Å². The minimum Gasteiger partial charge on any atom is -0.144 e.